The van der Waals surface area contributed by atoms with Gasteiger partial charge in [-0.1, -0.05) is 0 Å². The third-order valence-corrected chi connectivity index (χ3v) is 4.36. The maximum absolute atomic E-state index is 12.0. The van der Waals surface area contributed by atoms with Crippen LogP contribution in [0.4, 0.5) is 4.79 Å². The van der Waals surface area contributed by atoms with Crippen LogP contribution in [0.1, 0.15) is 52.1 Å². The van der Waals surface area contributed by atoms with Crippen molar-refractivity contribution in [2.75, 3.05) is 0 Å². The molecule has 7 nitrogen and oxygen atoms in total. The fourth-order valence-corrected chi connectivity index (χ4v) is 3.25. The van der Waals surface area contributed by atoms with Gasteiger partial charge in [0, 0.05) is 31.0 Å². The Balaban J connectivity index is 1.51. The van der Waals surface area contributed by atoms with Crippen molar-refractivity contribution in [3.63, 3.8) is 0 Å². The highest BCUT2D eigenvalue weighted by Crippen LogP contribution is 2.20. The molecule has 1 aliphatic carbocycles. The monoisotopic (exact) mass is 345 g/mol. The van der Waals surface area contributed by atoms with Gasteiger partial charge in [0.05, 0.1) is 18.1 Å². The second-order valence-corrected chi connectivity index (χ2v) is 7.64. The fourth-order valence-electron chi connectivity index (χ4n) is 3.25. The van der Waals surface area contributed by atoms with Crippen LogP contribution in [0.2, 0.25) is 0 Å². The van der Waals surface area contributed by atoms with E-state index in [4.69, 9.17) is 4.74 Å². The lowest BCUT2D eigenvalue weighted by Crippen LogP contribution is -2.45. The molecule has 7 heteroatoms. The fraction of sp³-hybridized carbons (Fsp3) is 0.611. The predicted molar refractivity (Wildman–Crippen MR) is 95.2 cm³/mol. The molecule has 2 aromatic heterocycles. The number of carbonyl (C=O) groups is 1. The molecule has 0 aliphatic heterocycles. The molecule has 0 aromatic carbocycles. The molecule has 0 bridgehead atoms. The van der Waals surface area contributed by atoms with Crippen LogP contribution in [0.15, 0.2) is 24.8 Å². The molecular weight excluding hydrogens is 318 g/mol. The Morgan fingerprint density at radius 1 is 1.32 bits per heavy atom. The van der Waals surface area contributed by atoms with Gasteiger partial charge in [-0.25, -0.2) is 9.78 Å². The summed E-state index contributed by atoms with van der Waals surface area (Å²) in [6.07, 6.45) is 11.1. The van der Waals surface area contributed by atoms with Crippen LogP contribution >= 0.6 is 0 Å². The molecule has 1 saturated carbocycles. The zero-order valence-electron chi connectivity index (χ0n) is 15.2. The van der Waals surface area contributed by atoms with E-state index in [-0.39, 0.29) is 12.1 Å². The molecule has 3 rings (SSSR count). The molecule has 2 atom stereocenters. The van der Waals surface area contributed by atoms with Crippen LogP contribution < -0.4 is 10.6 Å². The molecule has 2 unspecified atom stereocenters. The zero-order chi connectivity index (χ0) is 17.9. The van der Waals surface area contributed by atoms with E-state index in [1.165, 1.54) is 0 Å². The van der Waals surface area contributed by atoms with E-state index in [0.29, 0.717) is 6.04 Å². The molecule has 25 heavy (non-hydrogen) atoms. The highest BCUT2D eigenvalue weighted by Gasteiger charge is 2.25. The first kappa shape index (κ1) is 17.7. The number of hydrogen-bond acceptors (Lipinski definition) is 5. The Kier molecular flexibility index (Phi) is 5.22. The summed E-state index contributed by atoms with van der Waals surface area (Å²) in [7, 11) is 0. The molecule has 0 spiro atoms. The van der Waals surface area contributed by atoms with Gasteiger partial charge in [0.2, 0.25) is 0 Å². The van der Waals surface area contributed by atoms with Crippen LogP contribution in [0.5, 0.6) is 0 Å². The summed E-state index contributed by atoms with van der Waals surface area (Å²) in [5, 5.41) is 6.60. The van der Waals surface area contributed by atoms with Crippen LogP contribution in [0, 0.1) is 0 Å². The predicted octanol–water partition coefficient (Wildman–Crippen LogP) is 2.65. The highest BCUT2D eigenvalue weighted by atomic mass is 16.6. The molecule has 2 heterocycles. The SMILES string of the molecule is CC(C)(C)OC(=O)NC1CCCC(NCc2cnc3cnccn23)C1. The zero-order valence-corrected chi connectivity index (χ0v) is 15.2. The van der Waals surface area contributed by atoms with Gasteiger partial charge in [-0.3, -0.25) is 9.38 Å². The highest BCUT2D eigenvalue weighted by molar-refractivity contribution is 5.68. The number of imidazole rings is 1. The molecule has 2 aromatic rings. The second kappa shape index (κ2) is 7.39. The van der Waals surface area contributed by atoms with E-state index in [9.17, 15) is 4.79 Å². The Hall–Kier alpha value is -2.15. The Labute approximate surface area is 148 Å². The molecule has 1 aliphatic rings. The van der Waals surface area contributed by atoms with E-state index in [0.717, 1.165) is 43.6 Å². The first-order chi connectivity index (χ1) is 11.9. The molecule has 2 N–H and O–H groups in total. The lowest BCUT2D eigenvalue weighted by molar-refractivity contribution is 0.0488. The second-order valence-electron chi connectivity index (χ2n) is 7.64. The van der Waals surface area contributed by atoms with Crippen LogP contribution in [0.3, 0.4) is 0 Å². The van der Waals surface area contributed by atoms with Crippen molar-refractivity contribution in [3.05, 3.63) is 30.5 Å². The largest absolute Gasteiger partial charge is 0.444 e. The maximum atomic E-state index is 12.0. The van der Waals surface area contributed by atoms with Gasteiger partial charge in [0.1, 0.15) is 5.60 Å². The number of rotatable bonds is 4. The molecule has 136 valence electrons. The summed E-state index contributed by atoms with van der Waals surface area (Å²) >= 11 is 0. The van der Waals surface area contributed by atoms with Gasteiger partial charge in [-0.05, 0) is 46.5 Å². The van der Waals surface area contributed by atoms with Gasteiger partial charge >= 0.3 is 6.09 Å². The number of nitrogens with zero attached hydrogens (tertiary/aromatic N) is 3. The van der Waals surface area contributed by atoms with Crippen LogP contribution in [-0.2, 0) is 11.3 Å². The summed E-state index contributed by atoms with van der Waals surface area (Å²) in [6, 6.07) is 0.536. The van der Waals surface area contributed by atoms with Crippen molar-refractivity contribution >= 4 is 11.7 Å². The summed E-state index contributed by atoms with van der Waals surface area (Å²) in [6.45, 7) is 6.38. The van der Waals surface area contributed by atoms with E-state index in [1.807, 2.05) is 37.6 Å². The first-order valence-corrected chi connectivity index (χ1v) is 8.89. The minimum atomic E-state index is -0.464. The van der Waals surface area contributed by atoms with Gasteiger partial charge in [-0.15, -0.1) is 0 Å². The molecule has 0 saturated heterocycles. The number of alkyl carbamates (subject to hydrolysis) is 1. The van der Waals surface area contributed by atoms with Gasteiger partial charge in [-0.2, -0.15) is 0 Å². The standard InChI is InChI=1S/C18H27N5O2/c1-18(2,3)25-17(24)22-14-6-4-5-13(9-14)20-10-15-11-21-16-12-19-7-8-23(15)16/h7-8,11-14,20H,4-6,9-10H2,1-3H3,(H,22,24). The number of ether oxygens (including phenoxy) is 1. The number of fused-ring (bicyclic) bond motifs is 1. The third kappa shape index (κ3) is 4.92. The van der Waals surface area contributed by atoms with Gasteiger partial charge in [0.15, 0.2) is 5.65 Å². The van der Waals surface area contributed by atoms with E-state index in [2.05, 4.69) is 20.6 Å². The van der Waals surface area contributed by atoms with Crippen molar-refractivity contribution in [1.82, 2.24) is 25.0 Å². The van der Waals surface area contributed by atoms with Crippen molar-refractivity contribution in [1.29, 1.82) is 0 Å². The molecule has 1 fully saturated rings. The summed E-state index contributed by atoms with van der Waals surface area (Å²) in [4.78, 5) is 20.4. The molecule has 1 amide bonds. The van der Waals surface area contributed by atoms with Crippen molar-refractivity contribution in [3.8, 4) is 0 Å². The first-order valence-electron chi connectivity index (χ1n) is 8.89. The average molecular weight is 345 g/mol. The number of hydrogen-bond donors (Lipinski definition) is 2. The number of aromatic nitrogens is 3. The Morgan fingerprint density at radius 3 is 2.92 bits per heavy atom. The van der Waals surface area contributed by atoms with Crippen LogP contribution in [-0.4, -0.2) is 38.1 Å². The van der Waals surface area contributed by atoms with Crippen LogP contribution in [0.25, 0.3) is 5.65 Å². The van der Waals surface area contributed by atoms with Crippen molar-refractivity contribution in [2.45, 2.75) is 70.7 Å². The average Bonchev–Trinajstić information content (AvgIpc) is 2.94. The lowest BCUT2D eigenvalue weighted by Gasteiger charge is -2.31. The summed E-state index contributed by atoms with van der Waals surface area (Å²) in [5.74, 6) is 0. The normalized spacial score (nSPS) is 21.2. The van der Waals surface area contributed by atoms with Crippen molar-refractivity contribution in [2.24, 2.45) is 0 Å². The number of nitrogens with one attached hydrogen (secondary N) is 2. The van der Waals surface area contributed by atoms with E-state index in [1.54, 1.807) is 12.4 Å². The van der Waals surface area contributed by atoms with E-state index >= 15 is 0 Å². The minimum Gasteiger partial charge on any atom is -0.444 e. The Bertz CT molecular complexity index is 722. The van der Waals surface area contributed by atoms with Gasteiger partial charge in [0.25, 0.3) is 0 Å². The smallest absolute Gasteiger partial charge is 0.407 e. The number of carbonyl (C=O) groups excluding carboxylic acids is 1. The maximum Gasteiger partial charge on any atom is 0.407 e. The summed E-state index contributed by atoms with van der Waals surface area (Å²) in [5.41, 5.74) is 1.50. The Morgan fingerprint density at radius 2 is 2.12 bits per heavy atom. The summed E-state index contributed by atoms with van der Waals surface area (Å²) < 4.78 is 7.40. The topological polar surface area (TPSA) is 80.5 Å². The third-order valence-electron chi connectivity index (χ3n) is 4.36. The molecule has 0 radical (unpaired) electrons. The minimum absolute atomic E-state index is 0.160. The van der Waals surface area contributed by atoms with Crippen molar-refractivity contribution < 1.29 is 9.53 Å². The quantitative estimate of drug-likeness (QED) is 0.890. The number of amides is 1. The van der Waals surface area contributed by atoms with Gasteiger partial charge < -0.3 is 15.4 Å². The van der Waals surface area contributed by atoms with E-state index < -0.39 is 5.60 Å². The lowest BCUT2D eigenvalue weighted by atomic mass is 9.91. The molecular formula is C18H27N5O2.